The van der Waals surface area contributed by atoms with E-state index in [1.54, 1.807) is 34.6 Å². The van der Waals surface area contributed by atoms with E-state index in [0.29, 0.717) is 22.6 Å². The van der Waals surface area contributed by atoms with Gasteiger partial charge in [0.1, 0.15) is 5.82 Å². The fraction of sp³-hybridized carbons (Fsp3) is 0.0500. The van der Waals surface area contributed by atoms with Crippen LogP contribution < -0.4 is 5.32 Å². The van der Waals surface area contributed by atoms with E-state index in [9.17, 15) is 9.18 Å². The number of nitrogens with zero attached hydrogens (tertiary/aromatic N) is 4. The number of aromatic nitrogens is 4. The van der Waals surface area contributed by atoms with E-state index in [1.165, 1.54) is 18.3 Å². The molecule has 4 aromatic rings. The average molecular weight is 361 g/mol. The highest BCUT2D eigenvalue weighted by atomic mass is 19.1. The van der Waals surface area contributed by atoms with E-state index < -0.39 is 0 Å². The Bertz CT molecular complexity index is 1080. The smallest absolute Gasteiger partial charge is 0.259 e. The maximum atomic E-state index is 13.1. The molecule has 2 heterocycles. The Labute approximate surface area is 154 Å². The summed E-state index contributed by atoms with van der Waals surface area (Å²) >= 11 is 0. The first-order chi connectivity index (χ1) is 13.1. The van der Waals surface area contributed by atoms with Crippen molar-refractivity contribution in [3.8, 4) is 11.4 Å². The quantitative estimate of drug-likeness (QED) is 0.602. The molecule has 7 heteroatoms. The molecule has 1 N–H and O–H groups in total. The molecule has 0 unspecified atom stereocenters. The minimum absolute atomic E-state index is 0.277. The van der Waals surface area contributed by atoms with Crippen LogP contribution in [0.4, 0.5) is 10.1 Å². The van der Waals surface area contributed by atoms with E-state index in [2.05, 4.69) is 15.5 Å². The van der Waals surface area contributed by atoms with Crippen molar-refractivity contribution in [3.63, 3.8) is 0 Å². The van der Waals surface area contributed by atoms with E-state index in [4.69, 9.17) is 0 Å². The zero-order chi connectivity index (χ0) is 18.8. The molecule has 0 saturated carbocycles. The lowest BCUT2D eigenvalue weighted by Gasteiger charge is -2.11. The second-order valence-corrected chi connectivity index (χ2v) is 5.95. The number of halogens is 1. The standard InChI is InChI=1S/C20H16FN5O/c1-14-17(13-23-26(14)16-9-7-15(21)8-10-16)20(27)24-18-5-2-3-6-19(18)25-12-4-11-22-25/h2-13H,1H3,(H,24,27). The highest BCUT2D eigenvalue weighted by molar-refractivity contribution is 6.05. The number of nitrogens with one attached hydrogen (secondary N) is 1. The van der Waals surface area contributed by atoms with Crippen molar-refractivity contribution < 1.29 is 9.18 Å². The Morgan fingerprint density at radius 1 is 1.04 bits per heavy atom. The molecular weight excluding hydrogens is 345 g/mol. The third-order valence-corrected chi connectivity index (χ3v) is 4.23. The topological polar surface area (TPSA) is 64.7 Å². The fourth-order valence-corrected chi connectivity index (χ4v) is 2.86. The second kappa shape index (κ2) is 6.87. The van der Waals surface area contributed by atoms with Gasteiger partial charge >= 0.3 is 0 Å². The van der Waals surface area contributed by atoms with Gasteiger partial charge in [-0.25, -0.2) is 13.8 Å². The number of para-hydroxylation sites is 2. The molecule has 0 aliphatic rings. The summed E-state index contributed by atoms with van der Waals surface area (Å²) in [5, 5.41) is 11.4. The summed E-state index contributed by atoms with van der Waals surface area (Å²) in [6.07, 6.45) is 4.99. The molecule has 6 nitrogen and oxygen atoms in total. The fourth-order valence-electron chi connectivity index (χ4n) is 2.86. The summed E-state index contributed by atoms with van der Waals surface area (Å²) in [7, 11) is 0. The molecule has 2 aromatic carbocycles. The maximum Gasteiger partial charge on any atom is 0.259 e. The van der Waals surface area contributed by atoms with Gasteiger partial charge in [0, 0.05) is 12.4 Å². The Morgan fingerprint density at radius 3 is 2.56 bits per heavy atom. The first-order valence-electron chi connectivity index (χ1n) is 8.34. The molecule has 0 spiro atoms. The predicted octanol–water partition coefficient (Wildman–Crippen LogP) is 3.76. The number of carbonyl (C=O) groups is 1. The van der Waals surface area contributed by atoms with Gasteiger partial charge in [-0.15, -0.1) is 0 Å². The first kappa shape index (κ1) is 16.7. The van der Waals surface area contributed by atoms with Crippen molar-refractivity contribution in [3.05, 3.63) is 90.3 Å². The van der Waals surface area contributed by atoms with E-state index in [0.717, 1.165) is 5.69 Å². The molecule has 2 aromatic heterocycles. The molecule has 0 saturated heterocycles. The maximum absolute atomic E-state index is 13.1. The van der Waals surface area contributed by atoms with Crippen molar-refractivity contribution in [2.45, 2.75) is 6.92 Å². The van der Waals surface area contributed by atoms with Gasteiger partial charge in [-0.1, -0.05) is 12.1 Å². The highest BCUT2D eigenvalue weighted by Crippen LogP contribution is 2.21. The van der Waals surface area contributed by atoms with E-state index in [1.807, 2.05) is 36.5 Å². The minimum Gasteiger partial charge on any atom is -0.320 e. The SMILES string of the molecule is Cc1c(C(=O)Nc2ccccc2-n2cccn2)cnn1-c1ccc(F)cc1. The average Bonchev–Trinajstić information content (AvgIpc) is 3.33. The third kappa shape index (κ3) is 3.22. The molecule has 0 bridgehead atoms. The largest absolute Gasteiger partial charge is 0.320 e. The Kier molecular flexibility index (Phi) is 4.25. The lowest BCUT2D eigenvalue weighted by Crippen LogP contribution is -2.15. The Morgan fingerprint density at radius 2 is 1.81 bits per heavy atom. The molecule has 27 heavy (non-hydrogen) atoms. The molecule has 0 aliphatic heterocycles. The van der Waals surface area contributed by atoms with Gasteiger partial charge in [-0.3, -0.25) is 4.79 Å². The van der Waals surface area contributed by atoms with Crippen LogP contribution in [-0.4, -0.2) is 25.5 Å². The van der Waals surface area contributed by atoms with Crippen molar-refractivity contribution in [2.24, 2.45) is 0 Å². The number of rotatable bonds is 4. The second-order valence-electron chi connectivity index (χ2n) is 5.95. The van der Waals surface area contributed by atoms with Crippen molar-refractivity contribution in [1.29, 1.82) is 0 Å². The zero-order valence-corrected chi connectivity index (χ0v) is 14.5. The van der Waals surface area contributed by atoms with Crippen LogP contribution in [0.25, 0.3) is 11.4 Å². The van der Waals surface area contributed by atoms with Crippen LogP contribution in [-0.2, 0) is 0 Å². The lowest BCUT2D eigenvalue weighted by molar-refractivity contribution is 0.102. The molecular formula is C20H16FN5O. The number of amides is 1. The molecule has 0 fully saturated rings. The van der Waals surface area contributed by atoms with Crippen molar-refractivity contribution in [1.82, 2.24) is 19.6 Å². The van der Waals surface area contributed by atoms with Crippen LogP contribution in [0.2, 0.25) is 0 Å². The minimum atomic E-state index is -0.322. The summed E-state index contributed by atoms with van der Waals surface area (Å²) < 4.78 is 16.4. The van der Waals surface area contributed by atoms with Crippen molar-refractivity contribution >= 4 is 11.6 Å². The lowest BCUT2D eigenvalue weighted by atomic mass is 10.2. The highest BCUT2D eigenvalue weighted by Gasteiger charge is 2.17. The van der Waals surface area contributed by atoms with Crippen LogP contribution in [0.3, 0.4) is 0 Å². The first-order valence-corrected chi connectivity index (χ1v) is 8.34. The predicted molar refractivity (Wildman–Crippen MR) is 99.8 cm³/mol. The Hall–Kier alpha value is -3.74. The molecule has 0 aliphatic carbocycles. The summed E-state index contributed by atoms with van der Waals surface area (Å²) in [5.74, 6) is -0.600. The molecule has 0 radical (unpaired) electrons. The normalized spacial score (nSPS) is 10.7. The van der Waals surface area contributed by atoms with Crippen LogP contribution >= 0.6 is 0 Å². The van der Waals surface area contributed by atoms with E-state index >= 15 is 0 Å². The van der Waals surface area contributed by atoms with Crippen LogP contribution in [0.15, 0.2) is 73.2 Å². The summed E-state index contributed by atoms with van der Waals surface area (Å²) in [6, 6.07) is 15.2. The number of hydrogen-bond acceptors (Lipinski definition) is 3. The van der Waals surface area contributed by atoms with Crippen LogP contribution in [0.1, 0.15) is 16.1 Å². The van der Waals surface area contributed by atoms with Gasteiger partial charge in [0.2, 0.25) is 0 Å². The molecule has 4 rings (SSSR count). The van der Waals surface area contributed by atoms with Gasteiger partial charge in [0.25, 0.3) is 5.91 Å². The number of anilines is 1. The summed E-state index contributed by atoms with van der Waals surface area (Å²) in [4.78, 5) is 12.8. The van der Waals surface area contributed by atoms with Gasteiger partial charge in [-0.2, -0.15) is 10.2 Å². The third-order valence-electron chi connectivity index (χ3n) is 4.23. The van der Waals surface area contributed by atoms with Gasteiger partial charge in [0.15, 0.2) is 0 Å². The van der Waals surface area contributed by atoms with Crippen LogP contribution in [0, 0.1) is 12.7 Å². The summed E-state index contributed by atoms with van der Waals surface area (Å²) in [5.41, 5.74) is 3.19. The van der Waals surface area contributed by atoms with Gasteiger partial charge < -0.3 is 5.32 Å². The Balaban J connectivity index is 1.63. The van der Waals surface area contributed by atoms with E-state index in [-0.39, 0.29) is 11.7 Å². The zero-order valence-electron chi connectivity index (χ0n) is 14.5. The molecule has 134 valence electrons. The molecule has 1 amide bonds. The van der Waals surface area contributed by atoms with Gasteiger partial charge in [-0.05, 0) is 49.4 Å². The van der Waals surface area contributed by atoms with Gasteiger partial charge in [0.05, 0.1) is 34.5 Å². The summed E-state index contributed by atoms with van der Waals surface area (Å²) in [6.45, 7) is 1.80. The number of hydrogen-bond donors (Lipinski definition) is 1. The number of carbonyl (C=O) groups excluding carboxylic acids is 1. The van der Waals surface area contributed by atoms with Crippen LogP contribution in [0.5, 0.6) is 0 Å². The monoisotopic (exact) mass is 361 g/mol. The number of benzene rings is 2. The molecule has 0 atom stereocenters. The van der Waals surface area contributed by atoms with Crippen molar-refractivity contribution in [2.75, 3.05) is 5.32 Å².